The van der Waals surface area contributed by atoms with Gasteiger partial charge < -0.3 is 10.1 Å². The largest absolute Gasteiger partial charge is 0.469 e. The Hall–Kier alpha value is -1.06. The molecule has 0 radical (unpaired) electrons. The lowest BCUT2D eigenvalue weighted by molar-refractivity contribution is -0.141. The lowest BCUT2D eigenvalue weighted by Crippen LogP contribution is -2.36. The third-order valence-corrected chi connectivity index (χ3v) is 2.32. The van der Waals surface area contributed by atoms with Crippen molar-refractivity contribution in [2.75, 3.05) is 13.7 Å². The average Bonchev–Trinajstić information content (AvgIpc) is 2.16. The van der Waals surface area contributed by atoms with Crippen molar-refractivity contribution in [3.05, 3.63) is 0 Å². The predicted molar refractivity (Wildman–Crippen MR) is 47.0 cm³/mol. The number of carbonyl (C=O) groups excluding carboxylic acids is 2. The zero-order valence-electron chi connectivity index (χ0n) is 7.84. The summed E-state index contributed by atoms with van der Waals surface area (Å²) in [6.07, 6.45) is 2.85. The minimum absolute atomic E-state index is 0.00727. The van der Waals surface area contributed by atoms with E-state index in [0.717, 1.165) is 19.4 Å². The van der Waals surface area contributed by atoms with Crippen LogP contribution in [0.15, 0.2) is 0 Å². The first kappa shape index (κ1) is 10.0. The van der Waals surface area contributed by atoms with Crippen LogP contribution in [0.2, 0.25) is 0 Å². The molecule has 1 heterocycles. The van der Waals surface area contributed by atoms with E-state index in [1.165, 1.54) is 7.11 Å². The highest BCUT2D eigenvalue weighted by Crippen LogP contribution is 2.17. The van der Waals surface area contributed by atoms with Crippen LogP contribution < -0.4 is 5.32 Å². The van der Waals surface area contributed by atoms with Crippen LogP contribution in [0.25, 0.3) is 0 Å². The van der Waals surface area contributed by atoms with E-state index in [0.29, 0.717) is 12.8 Å². The second-order valence-corrected chi connectivity index (χ2v) is 3.24. The Labute approximate surface area is 77.6 Å². The first-order valence-electron chi connectivity index (χ1n) is 4.58. The van der Waals surface area contributed by atoms with Gasteiger partial charge in [0.15, 0.2) is 0 Å². The summed E-state index contributed by atoms with van der Waals surface area (Å²) in [6.45, 7) is 0.771. The molecular formula is C9H15NO3. The molecule has 74 valence electrons. The van der Waals surface area contributed by atoms with Crippen molar-refractivity contribution in [1.82, 2.24) is 5.32 Å². The van der Waals surface area contributed by atoms with E-state index in [-0.39, 0.29) is 17.8 Å². The van der Waals surface area contributed by atoms with Gasteiger partial charge in [-0.05, 0) is 19.3 Å². The van der Waals surface area contributed by atoms with Gasteiger partial charge in [0.1, 0.15) is 0 Å². The second kappa shape index (κ2) is 4.84. The molecule has 13 heavy (non-hydrogen) atoms. The first-order valence-corrected chi connectivity index (χ1v) is 4.58. The van der Waals surface area contributed by atoms with Crippen LogP contribution in [0.4, 0.5) is 0 Å². The van der Waals surface area contributed by atoms with Crippen molar-refractivity contribution in [2.24, 2.45) is 5.92 Å². The molecule has 4 heteroatoms. The van der Waals surface area contributed by atoms with E-state index in [1.54, 1.807) is 0 Å². The molecule has 0 aromatic carbocycles. The molecule has 0 saturated carbocycles. The summed E-state index contributed by atoms with van der Waals surface area (Å²) < 4.78 is 4.51. The molecule has 0 bridgehead atoms. The van der Waals surface area contributed by atoms with Crippen LogP contribution in [-0.4, -0.2) is 25.5 Å². The Balaban J connectivity index is 2.26. The zero-order chi connectivity index (χ0) is 9.68. The lowest BCUT2D eigenvalue weighted by atomic mass is 9.94. The van der Waals surface area contributed by atoms with E-state index in [1.807, 2.05) is 0 Å². The molecule has 0 aromatic rings. The van der Waals surface area contributed by atoms with Gasteiger partial charge in [0.05, 0.1) is 7.11 Å². The predicted octanol–water partition coefficient (Wildman–Crippen LogP) is 0.466. The van der Waals surface area contributed by atoms with Crippen molar-refractivity contribution in [3.8, 4) is 0 Å². The summed E-state index contributed by atoms with van der Waals surface area (Å²) in [5.74, 6) is -0.152. The van der Waals surface area contributed by atoms with E-state index in [4.69, 9.17) is 0 Å². The van der Waals surface area contributed by atoms with E-state index < -0.39 is 0 Å². The number of ether oxygens (including phenoxy) is 1. The van der Waals surface area contributed by atoms with Gasteiger partial charge in [-0.15, -0.1) is 0 Å². The normalized spacial score (nSPS) is 22.2. The van der Waals surface area contributed by atoms with Crippen LogP contribution in [-0.2, 0) is 14.3 Å². The number of carbonyl (C=O) groups is 2. The molecule has 4 nitrogen and oxygen atoms in total. The number of methoxy groups -OCH3 is 1. The maximum absolute atomic E-state index is 11.2. The van der Waals surface area contributed by atoms with Gasteiger partial charge in [0.25, 0.3) is 0 Å². The third kappa shape index (κ3) is 3.05. The van der Waals surface area contributed by atoms with Crippen LogP contribution in [0.1, 0.15) is 25.7 Å². The number of nitrogens with one attached hydrogen (secondary N) is 1. The van der Waals surface area contributed by atoms with Crippen molar-refractivity contribution >= 4 is 11.9 Å². The lowest BCUT2D eigenvalue weighted by Gasteiger charge is -2.20. The zero-order valence-corrected chi connectivity index (χ0v) is 7.84. The summed E-state index contributed by atoms with van der Waals surface area (Å²) in [7, 11) is 1.36. The molecule has 0 spiro atoms. The van der Waals surface area contributed by atoms with E-state index >= 15 is 0 Å². The number of hydrogen-bond acceptors (Lipinski definition) is 3. The highest BCUT2D eigenvalue weighted by atomic mass is 16.5. The summed E-state index contributed by atoms with van der Waals surface area (Å²) in [4.78, 5) is 22.0. The number of rotatable bonds is 3. The van der Waals surface area contributed by atoms with Crippen molar-refractivity contribution in [2.45, 2.75) is 25.7 Å². The molecule has 1 aliphatic heterocycles. The molecule has 1 N–H and O–H groups in total. The number of esters is 1. The van der Waals surface area contributed by atoms with Crippen LogP contribution in [0.3, 0.4) is 0 Å². The minimum atomic E-state index is -0.238. The Morgan fingerprint density at radius 2 is 2.46 bits per heavy atom. The Bertz CT molecular complexity index is 203. The van der Waals surface area contributed by atoms with Gasteiger partial charge in [0.2, 0.25) is 5.91 Å². The Kier molecular flexibility index (Phi) is 3.73. The molecule has 1 atom stereocenters. The van der Waals surface area contributed by atoms with Crippen molar-refractivity contribution in [3.63, 3.8) is 0 Å². The monoisotopic (exact) mass is 185 g/mol. The van der Waals surface area contributed by atoms with Crippen LogP contribution >= 0.6 is 0 Å². The average molecular weight is 185 g/mol. The SMILES string of the molecule is COC(=O)CCC1CCCNC1=O. The molecular weight excluding hydrogens is 170 g/mol. The fourth-order valence-corrected chi connectivity index (χ4v) is 1.51. The smallest absolute Gasteiger partial charge is 0.305 e. The van der Waals surface area contributed by atoms with Gasteiger partial charge in [0, 0.05) is 18.9 Å². The van der Waals surface area contributed by atoms with Crippen LogP contribution in [0.5, 0.6) is 0 Å². The highest BCUT2D eigenvalue weighted by Gasteiger charge is 2.22. The summed E-state index contributed by atoms with van der Waals surface area (Å²) in [5, 5.41) is 2.78. The molecule has 1 rings (SSSR count). The maximum atomic E-state index is 11.2. The van der Waals surface area contributed by atoms with Gasteiger partial charge in [-0.3, -0.25) is 9.59 Å². The number of amides is 1. The summed E-state index contributed by atoms with van der Waals surface area (Å²) >= 11 is 0. The molecule has 1 amide bonds. The molecule has 0 aliphatic carbocycles. The Morgan fingerprint density at radius 3 is 3.08 bits per heavy atom. The molecule has 1 aliphatic rings. The fraction of sp³-hybridized carbons (Fsp3) is 0.778. The van der Waals surface area contributed by atoms with E-state index in [9.17, 15) is 9.59 Å². The second-order valence-electron chi connectivity index (χ2n) is 3.24. The molecule has 1 unspecified atom stereocenters. The fourth-order valence-electron chi connectivity index (χ4n) is 1.51. The topological polar surface area (TPSA) is 55.4 Å². The van der Waals surface area contributed by atoms with Crippen molar-refractivity contribution in [1.29, 1.82) is 0 Å². The van der Waals surface area contributed by atoms with Crippen molar-refractivity contribution < 1.29 is 14.3 Å². The van der Waals surface area contributed by atoms with Gasteiger partial charge in [-0.25, -0.2) is 0 Å². The molecule has 0 aromatic heterocycles. The first-order chi connectivity index (χ1) is 6.24. The number of piperidine rings is 1. The molecule has 1 saturated heterocycles. The van der Waals surface area contributed by atoms with Gasteiger partial charge in [-0.1, -0.05) is 0 Å². The summed E-state index contributed by atoms with van der Waals surface area (Å²) in [6, 6.07) is 0. The van der Waals surface area contributed by atoms with E-state index in [2.05, 4.69) is 10.1 Å². The van der Waals surface area contributed by atoms with Gasteiger partial charge in [-0.2, -0.15) is 0 Å². The molecule has 1 fully saturated rings. The van der Waals surface area contributed by atoms with Crippen LogP contribution in [0, 0.1) is 5.92 Å². The minimum Gasteiger partial charge on any atom is -0.469 e. The standard InChI is InChI=1S/C9H15NO3/c1-13-8(11)5-4-7-3-2-6-10-9(7)12/h7H,2-6H2,1H3,(H,10,12). The highest BCUT2D eigenvalue weighted by molar-refractivity contribution is 5.80. The maximum Gasteiger partial charge on any atom is 0.305 e. The quantitative estimate of drug-likeness (QED) is 0.650. The summed E-state index contributed by atoms with van der Waals surface area (Å²) in [5.41, 5.74) is 0. The Morgan fingerprint density at radius 1 is 1.69 bits per heavy atom. The van der Waals surface area contributed by atoms with Gasteiger partial charge >= 0.3 is 5.97 Å². The number of hydrogen-bond donors (Lipinski definition) is 1. The third-order valence-electron chi connectivity index (χ3n) is 2.32.